The minimum absolute atomic E-state index is 0.128. The first-order valence-electron chi connectivity index (χ1n) is 15.9. The fourth-order valence-corrected chi connectivity index (χ4v) is 6.69. The molecule has 2 aromatic carbocycles. The van der Waals surface area contributed by atoms with Crippen molar-refractivity contribution in [2.75, 3.05) is 32.7 Å². The zero-order chi connectivity index (χ0) is 31.8. The maximum atomic E-state index is 14.3. The summed E-state index contributed by atoms with van der Waals surface area (Å²) in [5, 5.41) is 3.51. The minimum Gasteiger partial charge on any atom is -0.344 e. The predicted molar refractivity (Wildman–Crippen MR) is 171 cm³/mol. The van der Waals surface area contributed by atoms with Crippen LogP contribution in [0, 0.1) is 11.7 Å². The number of likely N-dealkylation sites (tertiary alicyclic amines) is 2. The summed E-state index contributed by atoms with van der Waals surface area (Å²) in [6.07, 6.45) is 3.81. The van der Waals surface area contributed by atoms with Crippen molar-refractivity contribution < 1.29 is 18.8 Å². The molecule has 8 nitrogen and oxygen atoms in total. The van der Waals surface area contributed by atoms with E-state index in [1.807, 2.05) is 21.9 Å². The van der Waals surface area contributed by atoms with Crippen LogP contribution in [-0.4, -0.2) is 83.3 Å². The van der Waals surface area contributed by atoms with E-state index in [1.165, 1.54) is 6.07 Å². The molecule has 2 aliphatic rings. The van der Waals surface area contributed by atoms with E-state index in [9.17, 15) is 18.8 Å². The van der Waals surface area contributed by atoms with Crippen LogP contribution in [0.1, 0.15) is 70.0 Å². The van der Waals surface area contributed by atoms with Gasteiger partial charge in [0.2, 0.25) is 17.7 Å². The third kappa shape index (κ3) is 9.25. The van der Waals surface area contributed by atoms with Crippen molar-refractivity contribution in [2.24, 2.45) is 11.7 Å². The molecule has 2 saturated heterocycles. The topological polar surface area (TPSA) is 99.0 Å². The third-order valence-electron chi connectivity index (χ3n) is 8.90. The van der Waals surface area contributed by atoms with Gasteiger partial charge in [-0.05, 0) is 55.4 Å². The molecule has 0 saturated carbocycles. The summed E-state index contributed by atoms with van der Waals surface area (Å²) >= 11 is 6.08. The highest BCUT2D eigenvalue weighted by Gasteiger charge is 2.35. The summed E-state index contributed by atoms with van der Waals surface area (Å²) < 4.78 is 14.3. The first-order valence-corrected chi connectivity index (χ1v) is 16.2. The quantitative estimate of drug-likeness (QED) is 0.381. The van der Waals surface area contributed by atoms with Gasteiger partial charge in [-0.2, -0.15) is 0 Å². The summed E-state index contributed by atoms with van der Waals surface area (Å²) in [6, 6.07) is 12.6. The lowest BCUT2D eigenvalue weighted by Crippen LogP contribution is -2.56. The van der Waals surface area contributed by atoms with Crippen LogP contribution in [0.4, 0.5) is 4.39 Å². The molecule has 2 unspecified atom stereocenters. The fraction of sp³-hybridized carbons (Fsp3) is 0.559. The maximum Gasteiger partial charge on any atom is 0.245 e. The van der Waals surface area contributed by atoms with Crippen LogP contribution < -0.4 is 11.1 Å². The van der Waals surface area contributed by atoms with E-state index in [1.54, 1.807) is 37.3 Å². The SMILES string of the molecule is CC(=O)N1CCC(N(CC(C)C)C2CCN(C(=O)C(Cc3ccc(Cl)cc3)NC(=O)CC(N)c3ccccc3F)CC2)CC1. The highest BCUT2D eigenvalue weighted by Crippen LogP contribution is 2.27. The van der Waals surface area contributed by atoms with Crippen molar-refractivity contribution in [3.05, 3.63) is 70.5 Å². The zero-order valence-electron chi connectivity index (χ0n) is 26.2. The van der Waals surface area contributed by atoms with E-state index in [2.05, 4.69) is 24.1 Å². The van der Waals surface area contributed by atoms with Crippen LogP contribution >= 0.6 is 11.6 Å². The van der Waals surface area contributed by atoms with Gasteiger partial charge >= 0.3 is 0 Å². The molecule has 2 fully saturated rings. The summed E-state index contributed by atoms with van der Waals surface area (Å²) in [6.45, 7) is 9.88. The maximum absolute atomic E-state index is 14.3. The van der Waals surface area contributed by atoms with Gasteiger partial charge in [-0.1, -0.05) is 55.8 Å². The van der Waals surface area contributed by atoms with Gasteiger partial charge in [0.1, 0.15) is 11.9 Å². The molecule has 44 heavy (non-hydrogen) atoms. The molecule has 0 bridgehead atoms. The summed E-state index contributed by atoms with van der Waals surface area (Å²) in [5.41, 5.74) is 7.33. The molecular formula is C34H47ClFN5O3. The van der Waals surface area contributed by atoms with Crippen LogP contribution in [0.5, 0.6) is 0 Å². The zero-order valence-corrected chi connectivity index (χ0v) is 26.9. The average Bonchev–Trinajstić information content (AvgIpc) is 3.00. The van der Waals surface area contributed by atoms with Crippen molar-refractivity contribution in [1.82, 2.24) is 20.0 Å². The first kappa shape index (κ1) is 33.9. The number of carbonyl (C=O) groups excluding carboxylic acids is 3. The number of carbonyl (C=O) groups is 3. The second-order valence-corrected chi connectivity index (χ2v) is 13.1. The molecule has 0 radical (unpaired) electrons. The molecule has 2 atom stereocenters. The van der Waals surface area contributed by atoms with Gasteiger partial charge in [0, 0.05) is 81.2 Å². The Hall–Kier alpha value is -3.01. The Labute approximate surface area is 266 Å². The Morgan fingerprint density at radius 3 is 2.07 bits per heavy atom. The van der Waals surface area contributed by atoms with Crippen LogP contribution in [-0.2, 0) is 20.8 Å². The third-order valence-corrected chi connectivity index (χ3v) is 9.15. The predicted octanol–water partition coefficient (Wildman–Crippen LogP) is 4.56. The van der Waals surface area contributed by atoms with Crippen molar-refractivity contribution in [2.45, 2.75) is 83.5 Å². The lowest BCUT2D eigenvalue weighted by molar-refractivity contribution is -0.138. The van der Waals surface area contributed by atoms with E-state index in [0.29, 0.717) is 42.5 Å². The number of nitrogens with one attached hydrogen (secondary N) is 1. The van der Waals surface area contributed by atoms with Crippen molar-refractivity contribution >= 4 is 29.3 Å². The normalized spacial score (nSPS) is 18.0. The van der Waals surface area contributed by atoms with Gasteiger partial charge < -0.3 is 20.9 Å². The standard InChI is InChI=1S/C34H47ClFN5O3/c1-23(2)22-41(27-12-16-39(17-13-27)24(3)42)28-14-18-40(19-15-28)34(44)32(20-25-8-10-26(35)11-9-25)38-33(43)21-31(37)29-6-4-5-7-30(29)36/h4-11,23,27-28,31-32H,12-22,37H2,1-3H3,(H,38,43). The fourth-order valence-electron chi connectivity index (χ4n) is 6.56. The Morgan fingerprint density at radius 1 is 0.955 bits per heavy atom. The lowest BCUT2D eigenvalue weighted by Gasteiger charge is -2.46. The molecule has 0 spiro atoms. The van der Waals surface area contributed by atoms with Gasteiger partial charge in [-0.25, -0.2) is 4.39 Å². The van der Waals surface area contributed by atoms with Gasteiger partial charge in [-0.3, -0.25) is 19.3 Å². The molecule has 2 aliphatic heterocycles. The summed E-state index contributed by atoms with van der Waals surface area (Å²) in [5.74, 6) is -0.338. The minimum atomic E-state index is -0.826. The Kier molecular flexibility index (Phi) is 12.2. The van der Waals surface area contributed by atoms with Crippen LogP contribution in [0.25, 0.3) is 0 Å². The molecule has 0 aromatic heterocycles. The summed E-state index contributed by atoms with van der Waals surface area (Å²) in [4.78, 5) is 45.3. The molecule has 3 amide bonds. The highest BCUT2D eigenvalue weighted by molar-refractivity contribution is 6.30. The number of piperidine rings is 2. The smallest absolute Gasteiger partial charge is 0.245 e. The Morgan fingerprint density at radius 2 is 1.52 bits per heavy atom. The van der Waals surface area contributed by atoms with Gasteiger partial charge in [0.05, 0.1) is 0 Å². The molecular weight excluding hydrogens is 581 g/mol. The van der Waals surface area contributed by atoms with Gasteiger partial charge in [-0.15, -0.1) is 0 Å². The molecule has 0 aliphatic carbocycles. The number of benzene rings is 2. The Bertz CT molecular complexity index is 1260. The van der Waals surface area contributed by atoms with E-state index in [0.717, 1.165) is 50.9 Å². The highest BCUT2D eigenvalue weighted by atomic mass is 35.5. The average molecular weight is 628 g/mol. The molecule has 10 heteroatoms. The van der Waals surface area contributed by atoms with Gasteiger partial charge in [0.25, 0.3) is 0 Å². The monoisotopic (exact) mass is 627 g/mol. The number of nitrogens with zero attached hydrogens (tertiary/aromatic N) is 3. The second-order valence-electron chi connectivity index (χ2n) is 12.7. The Balaban J connectivity index is 1.41. The van der Waals surface area contributed by atoms with Crippen LogP contribution in [0.2, 0.25) is 5.02 Å². The number of hydrogen-bond donors (Lipinski definition) is 2. The summed E-state index contributed by atoms with van der Waals surface area (Å²) in [7, 11) is 0. The number of rotatable bonds is 11. The number of nitrogens with two attached hydrogens (primary N) is 1. The van der Waals surface area contributed by atoms with Crippen molar-refractivity contribution in [3.8, 4) is 0 Å². The van der Waals surface area contributed by atoms with E-state index in [4.69, 9.17) is 17.3 Å². The van der Waals surface area contributed by atoms with E-state index < -0.39 is 23.8 Å². The number of halogens is 2. The van der Waals surface area contributed by atoms with Crippen molar-refractivity contribution in [1.29, 1.82) is 0 Å². The molecule has 3 N–H and O–H groups in total. The van der Waals surface area contributed by atoms with Crippen molar-refractivity contribution in [3.63, 3.8) is 0 Å². The van der Waals surface area contributed by atoms with E-state index in [-0.39, 0.29) is 23.8 Å². The molecule has 2 heterocycles. The second kappa shape index (κ2) is 15.8. The van der Waals surface area contributed by atoms with Gasteiger partial charge in [0.15, 0.2) is 0 Å². The molecule has 2 aromatic rings. The molecule has 240 valence electrons. The largest absolute Gasteiger partial charge is 0.344 e. The van der Waals surface area contributed by atoms with Crippen LogP contribution in [0.15, 0.2) is 48.5 Å². The first-order chi connectivity index (χ1) is 21.0. The lowest BCUT2D eigenvalue weighted by atomic mass is 9.94. The molecule has 4 rings (SSSR count). The number of amides is 3. The van der Waals surface area contributed by atoms with Crippen LogP contribution in [0.3, 0.4) is 0 Å². The number of hydrogen-bond acceptors (Lipinski definition) is 5. The van der Waals surface area contributed by atoms with E-state index >= 15 is 0 Å².